The standard InChI is InChI=1S/C29H21N4O7S2.Na/c1-40-23-15-20(30)29(42(37,38)39)28-27(23)32-26-19-13-8-14-24(41(34,35)36)25(19)21(31-17-9-4-2-5-10-17)16-22(26)33(28)18-11-6-3-7-12-18;/h2-16,30H,1H3,(H,34,35,36)(H,37,38,39);/q-1;. The minimum Gasteiger partial charge on any atom is -0.657 e. The van der Waals surface area contributed by atoms with E-state index in [0.29, 0.717) is 11.4 Å². The van der Waals surface area contributed by atoms with Crippen LogP contribution >= 0.6 is 0 Å². The number of para-hydroxylation sites is 2. The first-order valence-electron chi connectivity index (χ1n) is 12.3. The third-order valence-electron chi connectivity index (χ3n) is 6.71. The summed E-state index contributed by atoms with van der Waals surface area (Å²) in [7, 11) is -8.34. The maximum absolute atomic E-state index is 12.7. The van der Waals surface area contributed by atoms with Gasteiger partial charge < -0.3 is 14.6 Å². The average molecular weight is 625 g/mol. The van der Waals surface area contributed by atoms with Crippen molar-refractivity contribution in [2.75, 3.05) is 7.11 Å². The number of hydrogen-bond acceptors (Lipinski definition) is 7. The molecule has 2 aliphatic rings. The van der Waals surface area contributed by atoms with Gasteiger partial charge in [-0.1, -0.05) is 60.7 Å². The van der Waals surface area contributed by atoms with Gasteiger partial charge >= 0.3 is 0 Å². The first-order valence-corrected chi connectivity index (χ1v) is 15.2. The summed E-state index contributed by atoms with van der Waals surface area (Å²) in [6, 6.07) is 24.3. The summed E-state index contributed by atoms with van der Waals surface area (Å²) in [5.41, 5.74) is 1.43. The fourth-order valence-electron chi connectivity index (χ4n) is 5.06. The minimum absolute atomic E-state index is 0. The first-order chi connectivity index (χ1) is 20.0. The molecule has 0 spiro atoms. The van der Waals surface area contributed by atoms with E-state index in [9.17, 15) is 25.9 Å². The number of nitrogens with zero attached hydrogens (tertiary/aromatic N) is 3. The van der Waals surface area contributed by atoms with Gasteiger partial charge in [0.05, 0.1) is 29.2 Å². The van der Waals surface area contributed by atoms with Crippen LogP contribution < -0.4 is 10.1 Å². The molecule has 1 radical (unpaired) electrons. The van der Waals surface area contributed by atoms with E-state index >= 15 is 0 Å². The number of benzene rings is 5. The Morgan fingerprint density at radius 3 is 2.12 bits per heavy atom. The molecule has 1 heterocycles. The molecule has 1 aliphatic heterocycles. The van der Waals surface area contributed by atoms with Crippen LogP contribution in [0.25, 0.3) is 44.2 Å². The summed E-state index contributed by atoms with van der Waals surface area (Å²) in [6.45, 7) is 0. The molecule has 0 atom stereocenters. The zero-order valence-corrected chi connectivity index (χ0v) is 26.4. The van der Waals surface area contributed by atoms with Crippen molar-refractivity contribution in [3.05, 3.63) is 102 Å². The molecule has 43 heavy (non-hydrogen) atoms. The van der Waals surface area contributed by atoms with Crippen molar-refractivity contribution < 1.29 is 30.7 Å². The first kappa shape index (κ1) is 30.6. The summed E-state index contributed by atoms with van der Waals surface area (Å²) in [4.78, 5) is 3.64. The monoisotopic (exact) mass is 624 g/mol. The molecule has 0 saturated carbocycles. The van der Waals surface area contributed by atoms with Gasteiger partial charge in [0.25, 0.3) is 20.2 Å². The molecule has 6 rings (SSSR count). The van der Waals surface area contributed by atoms with Gasteiger partial charge in [-0.25, -0.2) is 4.98 Å². The Bertz CT molecular complexity index is 2280. The molecule has 0 amide bonds. The Kier molecular flexibility index (Phi) is 8.09. The van der Waals surface area contributed by atoms with Crippen LogP contribution in [0.1, 0.15) is 0 Å². The van der Waals surface area contributed by atoms with Crippen molar-refractivity contribution in [3.8, 4) is 22.8 Å². The van der Waals surface area contributed by atoms with Crippen molar-refractivity contribution in [2.45, 2.75) is 9.79 Å². The zero-order chi connectivity index (χ0) is 29.8. The van der Waals surface area contributed by atoms with E-state index in [2.05, 4.69) is 5.32 Å². The van der Waals surface area contributed by atoms with Gasteiger partial charge in [-0.15, -0.1) is 11.4 Å². The molecule has 1 aliphatic carbocycles. The van der Waals surface area contributed by atoms with Crippen LogP contribution in [0.15, 0.2) is 101 Å². The SMILES string of the molecule is COc1cc(=N)c(S(=O)(=O)O)c2n(-c3ccccc3)c3cc([N-]c4ccccc4)c4c(S(=O)(=O)O)cccc4c3nc1-2.[Na]. The Balaban J connectivity index is 0.00000368. The normalized spacial score (nSPS) is 11.9. The van der Waals surface area contributed by atoms with Crippen molar-refractivity contribution in [1.29, 1.82) is 5.41 Å². The second-order valence-electron chi connectivity index (χ2n) is 9.28. The van der Waals surface area contributed by atoms with Gasteiger partial charge in [0.1, 0.15) is 21.2 Å². The van der Waals surface area contributed by atoms with Crippen LogP contribution in [0, 0.1) is 5.41 Å². The van der Waals surface area contributed by atoms with Crippen molar-refractivity contribution >= 4 is 83.0 Å². The van der Waals surface area contributed by atoms with E-state index in [1.165, 1.54) is 29.9 Å². The number of nitrogens with one attached hydrogen (secondary N) is 1. The van der Waals surface area contributed by atoms with Gasteiger partial charge in [0.2, 0.25) is 0 Å². The zero-order valence-electron chi connectivity index (χ0n) is 22.8. The van der Waals surface area contributed by atoms with Gasteiger partial charge in [0.15, 0.2) is 0 Å². The van der Waals surface area contributed by atoms with Crippen LogP contribution in [0.5, 0.6) is 5.75 Å². The molecule has 0 saturated heterocycles. The van der Waals surface area contributed by atoms with Crippen LogP contribution in [-0.2, 0) is 20.2 Å². The second-order valence-corrected chi connectivity index (χ2v) is 12.0. The topological polar surface area (TPSA) is 174 Å². The third kappa shape index (κ3) is 5.40. The molecule has 0 aromatic heterocycles. The van der Waals surface area contributed by atoms with Gasteiger partial charge in [-0.2, -0.15) is 16.8 Å². The average Bonchev–Trinajstić information content (AvgIpc) is 2.95. The molecule has 3 N–H and O–H groups in total. The summed E-state index contributed by atoms with van der Waals surface area (Å²) in [5, 5.41) is 13.0. The third-order valence-corrected chi connectivity index (χ3v) is 8.54. The van der Waals surface area contributed by atoms with Gasteiger partial charge in [-0.3, -0.25) is 14.5 Å². The minimum atomic E-state index is -4.95. The largest absolute Gasteiger partial charge is 0.657 e. The second kappa shape index (κ2) is 11.4. The van der Waals surface area contributed by atoms with Gasteiger partial charge in [-0.05, 0) is 29.7 Å². The smallest absolute Gasteiger partial charge is 0.298 e. The predicted molar refractivity (Wildman–Crippen MR) is 162 cm³/mol. The Hall–Kier alpha value is -3.82. The maximum atomic E-state index is 12.7. The fourth-order valence-corrected chi connectivity index (χ4v) is 6.55. The molecule has 4 aromatic rings. The number of fused-ring (bicyclic) bond motifs is 4. The molecular weight excluding hydrogens is 603 g/mol. The van der Waals surface area contributed by atoms with E-state index in [-0.39, 0.29) is 74.2 Å². The molecule has 11 nitrogen and oxygen atoms in total. The molecule has 0 unspecified atom stereocenters. The molecule has 4 aromatic carbocycles. The summed E-state index contributed by atoms with van der Waals surface area (Å²) >= 11 is 0. The summed E-state index contributed by atoms with van der Waals surface area (Å²) in [6.07, 6.45) is 0. The summed E-state index contributed by atoms with van der Waals surface area (Å²) < 4.78 is 77.9. The molecule has 213 valence electrons. The van der Waals surface area contributed by atoms with E-state index in [4.69, 9.17) is 15.1 Å². The van der Waals surface area contributed by atoms with Crippen LogP contribution in [0.4, 0.5) is 11.4 Å². The van der Waals surface area contributed by atoms with E-state index in [0.717, 1.165) is 6.07 Å². The Morgan fingerprint density at radius 2 is 1.51 bits per heavy atom. The molecular formula is C29H21N4NaO7S2-. The number of rotatable bonds is 6. The Morgan fingerprint density at radius 1 is 0.860 bits per heavy atom. The van der Waals surface area contributed by atoms with Crippen LogP contribution in [0.3, 0.4) is 0 Å². The van der Waals surface area contributed by atoms with Crippen molar-refractivity contribution in [1.82, 2.24) is 9.55 Å². The predicted octanol–water partition coefficient (Wildman–Crippen LogP) is 5.22. The van der Waals surface area contributed by atoms with Gasteiger partial charge in [0, 0.05) is 46.7 Å². The quantitative estimate of drug-likeness (QED) is 0.0979. The van der Waals surface area contributed by atoms with Crippen LogP contribution in [-0.4, -0.2) is 72.2 Å². The number of methoxy groups -OCH3 is 1. The van der Waals surface area contributed by atoms with E-state index in [1.807, 2.05) is 0 Å². The summed E-state index contributed by atoms with van der Waals surface area (Å²) in [5.74, 6) is 0.0473. The molecule has 0 fully saturated rings. The number of hydrogen-bond donors (Lipinski definition) is 3. The van der Waals surface area contributed by atoms with E-state index < -0.39 is 35.4 Å². The Labute approximate surface area is 268 Å². The van der Waals surface area contributed by atoms with Crippen molar-refractivity contribution in [2.24, 2.45) is 0 Å². The van der Waals surface area contributed by atoms with Crippen LogP contribution in [0.2, 0.25) is 0 Å². The number of aromatic nitrogens is 2. The molecule has 0 bridgehead atoms. The number of ether oxygens (including phenoxy) is 1. The fraction of sp³-hybridized carbons (Fsp3) is 0.0345. The van der Waals surface area contributed by atoms with E-state index in [1.54, 1.807) is 66.7 Å². The molecule has 14 heteroatoms. The van der Waals surface area contributed by atoms with Crippen molar-refractivity contribution in [3.63, 3.8) is 0 Å². The maximum Gasteiger partial charge on any atom is 0.298 e.